The second-order valence-corrected chi connectivity index (χ2v) is 4.50. The van der Waals surface area contributed by atoms with Crippen LogP contribution in [0.5, 0.6) is 0 Å². The Labute approximate surface area is 122 Å². The fourth-order valence-electron chi connectivity index (χ4n) is 2.16. The van der Waals surface area contributed by atoms with Crippen LogP contribution in [0.15, 0.2) is 47.1 Å². The van der Waals surface area contributed by atoms with E-state index in [9.17, 15) is 10.1 Å². The van der Waals surface area contributed by atoms with E-state index < -0.39 is 4.92 Å². The zero-order valence-electron chi connectivity index (χ0n) is 11.0. The first-order valence-corrected chi connectivity index (χ1v) is 6.32. The van der Waals surface area contributed by atoms with Gasteiger partial charge < -0.3 is 9.40 Å². The predicted molar refractivity (Wildman–Crippen MR) is 75.4 cm³/mol. The number of nitro groups is 1. The lowest BCUT2D eigenvalue weighted by molar-refractivity contribution is -0.402. The monoisotopic (exact) mass is 296 g/mol. The smallest absolute Gasteiger partial charge is 0.384 e. The zero-order chi connectivity index (χ0) is 15.1. The molecule has 4 rings (SSSR count). The minimum Gasteiger partial charge on any atom is -0.384 e. The number of hydrogen-bond acceptors (Lipinski definition) is 6. The van der Waals surface area contributed by atoms with Gasteiger partial charge in [-0.05, 0) is 12.1 Å². The number of nitrogens with zero attached hydrogens (tertiary/aromatic N) is 5. The summed E-state index contributed by atoms with van der Waals surface area (Å²) in [5.74, 6) is 0.796. The fraction of sp³-hybridized carbons (Fsp3) is 0. The summed E-state index contributed by atoms with van der Waals surface area (Å²) in [6, 6.07) is 10.3. The Hall–Kier alpha value is -3.49. The second kappa shape index (κ2) is 4.52. The third-order valence-electron chi connectivity index (χ3n) is 3.14. The number of nitrogens with one attached hydrogen (secondary N) is 1. The molecule has 0 radical (unpaired) electrons. The molecule has 3 aromatic heterocycles. The maximum absolute atomic E-state index is 10.7. The standard InChI is InChI=1S/C13H8N6O3/c20-19(21)11-6-5-10(22-11)18-7-14-17-13(18)12-15-8-3-1-2-4-9(8)16-12/h1-7H,(H,15,16). The molecule has 0 bridgehead atoms. The molecule has 0 aliphatic carbocycles. The van der Waals surface area contributed by atoms with Crippen molar-refractivity contribution in [2.24, 2.45) is 0 Å². The molecule has 0 unspecified atom stereocenters. The van der Waals surface area contributed by atoms with Crippen molar-refractivity contribution in [3.05, 3.63) is 52.8 Å². The van der Waals surface area contributed by atoms with Crippen LogP contribution in [0.2, 0.25) is 0 Å². The van der Waals surface area contributed by atoms with Gasteiger partial charge in [-0.1, -0.05) is 12.1 Å². The number of fused-ring (bicyclic) bond motifs is 1. The normalized spacial score (nSPS) is 11.1. The van der Waals surface area contributed by atoms with E-state index in [1.54, 1.807) is 0 Å². The van der Waals surface area contributed by atoms with E-state index in [0.29, 0.717) is 11.6 Å². The molecule has 0 saturated carbocycles. The summed E-state index contributed by atoms with van der Waals surface area (Å²) in [5.41, 5.74) is 1.65. The van der Waals surface area contributed by atoms with Gasteiger partial charge in [-0.25, -0.2) is 9.55 Å². The molecule has 9 heteroatoms. The Morgan fingerprint density at radius 3 is 2.86 bits per heavy atom. The van der Waals surface area contributed by atoms with Gasteiger partial charge in [0.2, 0.25) is 11.7 Å². The van der Waals surface area contributed by atoms with E-state index >= 15 is 0 Å². The van der Waals surface area contributed by atoms with Crippen molar-refractivity contribution in [2.75, 3.05) is 0 Å². The van der Waals surface area contributed by atoms with Crippen LogP contribution in [0.4, 0.5) is 5.88 Å². The Balaban J connectivity index is 1.83. The highest BCUT2D eigenvalue weighted by atomic mass is 16.6. The van der Waals surface area contributed by atoms with Crippen molar-refractivity contribution in [1.82, 2.24) is 24.7 Å². The minimum atomic E-state index is -0.602. The molecule has 1 aromatic carbocycles. The first-order valence-electron chi connectivity index (χ1n) is 6.32. The number of rotatable bonds is 3. The quantitative estimate of drug-likeness (QED) is 0.458. The van der Waals surface area contributed by atoms with E-state index in [0.717, 1.165) is 11.0 Å². The lowest BCUT2D eigenvalue weighted by Crippen LogP contribution is -1.96. The van der Waals surface area contributed by atoms with Gasteiger partial charge in [0.05, 0.1) is 17.1 Å². The first-order chi connectivity index (χ1) is 10.7. The van der Waals surface area contributed by atoms with Crippen LogP contribution in [-0.2, 0) is 0 Å². The van der Waals surface area contributed by atoms with Gasteiger partial charge in [0.15, 0.2) is 5.82 Å². The van der Waals surface area contributed by atoms with Gasteiger partial charge in [0, 0.05) is 6.07 Å². The lowest BCUT2D eigenvalue weighted by Gasteiger charge is -1.98. The average Bonchev–Trinajstić information content (AvgIpc) is 3.24. The highest BCUT2D eigenvalue weighted by molar-refractivity contribution is 5.78. The maximum Gasteiger partial charge on any atom is 0.434 e. The Kier molecular flexibility index (Phi) is 2.52. The molecular formula is C13H8N6O3. The van der Waals surface area contributed by atoms with Crippen molar-refractivity contribution in [3.63, 3.8) is 0 Å². The van der Waals surface area contributed by atoms with Crippen LogP contribution in [0.3, 0.4) is 0 Å². The van der Waals surface area contributed by atoms with E-state index in [1.165, 1.54) is 23.0 Å². The van der Waals surface area contributed by atoms with Gasteiger partial charge in [-0.3, -0.25) is 10.1 Å². The largest absolute Gasteiger partial charge is 0.434 e. The second-order valence-electron chi connectivity index (χ2n) is 4.50. The minimum absolute atomic E-state index is 0.243. The molecule has 0 atom stereocenters. The topological polar surface area (TPSA) is 116 Å². The number of benzene rings is 1. The van der Waals surface area contributed by atoms with Crippen molar-refractivity contribution in [1.29, 1.82) is 0 Å². The summed E-state index contributed by atoms with van der Waals surface area (Å²) in [7, 11) is 0. The average molecular weight is 296 g/mol. The number of H-pyrrole nitrogens is 1. The van der Waals surface area contributed by atoms with Crippen LogP contribution in [-0.4, -0.2) is 29.7 Å². The summed E-state index contributed by atoms with van der Waals surface area (Å²) in [4.78, 5) is 17.7. The molecule has 9 nitrogen and oxygen atoms in total. The Morgan fingerprint density at radius 2 is 2.09 bits per heavy atom. The third kappa shape index (κ3) is 1.84. The van der Waals surface area contributed by atoms with E-state index in [1.807, 2.05) is 24.3 Å². The molecule has 0 saturated heterocycles. The van der Waals surface area contributed by atoms with Gasteiger partial charge >= 0.3 is 5.88 Å². The Morgan fingerprint density at radius 1 is 1.23 bits per heavy atom. The molecule has 4 aromatic rings. The van der Waals surface area contributed by atoms with Gasteiger partial charge in [-0.15, -0.1) is 10.2 Å². The maximum atomic E-state index is 10.7. The van der Waals surface area contributed by atoms with Crippen LogP contribution >= 0.6 is 0 Å². The van der Waals surface area contributed by atoms with Crippen molar-refractivity contribution in [3.8, 4) is 17.5 Å². The summed E-state index contributed by atoms with van der Waals surface area (Å²) in [6.45, 7) is 0. The van der Waals surface area contributed by atoms with Gasteiger partial charge in [-0.2, -0.15) is 0 Å². The molecule has 0 spiro atoms. The molecule has 108 valence electrons. The van der Waals surface area contributed by atoms with Crippen LogP contribution < -0.4 is 0 Å². The Bertz CT molecular complexity index is 949. The van der Waals surface area contributed by atoms with E-state index in [-0.39, 0.29) is 11.8 Å². The molecule has 0 fully saturated rings. The number of aromatic amines is 1. The van der Waals surface area contributed by atoms with E-state index in [2.05, 4.69) is 20.2 Å². The van der Waals surface area contributed by atoms with Crippen molar-refractivity contribution in [2.45, 2.75) is 0 Å². The van der Waals surface area contributed by atoms with E-state index in [4.69, 9.17) is 4.42 Å². The molecule has 3 heterocycles. The number of imidazole rings is 1. The highest BCUT2D eigenvalue weighted by Crippen LogP contribution is 2.24. The van der Waals surface area contributed by atoms with Gasteiger partial charge in [0.1, 0.15) is 11.3 Å². The molecular weight excluding hydrogens is 288 g/mol. The molecule has 1 N–H and O–H groups in total. The molecule has 0 amide bonds. The van der Waals surface area contributed by atoms with Crippen LogP contribution in [0.1, 0.15) is 0 Å². The summed E-state index contributed by atoms with van der Waals surface area (Å²) in [6.07, 6.45) is 1.41. The number of aromatic nitrogens is 5. The SMILES string of the molecule is O=[N+]([O-])c1ccc(-n2cnnc2-c2nc3ccccc3[nH]2)o1. The highest BCUT2D eigenvalue weighted by Gasteiger charge is 2.18. The molecule has 0 aliphatic heterocycles. The molecule has 22 heavy (non-hydrogen) atoms. The summed E-state index contributed by atoms with van der Waals surface area (Å²) < 4.78 is 6.66. The number of para-hydroxylation sites is 2. The number of hydrogen-bond donors (Lipinski definition) is 1. The van der Waals surface area contributed by atoms with Crippen LogP contribution in [0, 0.1) is 10.1 Å². The summed E-state index contributed by atoms with van der Waals surface area (Å²) in [5, 5.41) is 18.5. The van der Waals surface area contributed by atoms with Crippen molar-refractivity contribution >= 4 is 16.9 Å². The van der Waals surface area contributed by atoms with Gasteiger partial charge in [0.25, 0.3) is 0 Å². The predicted octanol–water partition coefficient (Wildman–Crippen LogP) is 2.31. The van der Waals surface area contributed by atoms with Crippen LogP contribution in [0.25, 0.3) is 28.6 Å². The lowest BCUT2D eigenvalue weighted by atomic mass is 10.3. The summed E-state index contributed by atoms with van der Waals surface area (Å²) >= 11 is 0. The third-order valence-corrected chi connectivity index (χ3v) is 3.14. The molecule has 0 aliphatic rings. The first kappa shape index (κ1) is 12.3. The number of furan rings is 1. The van der Waals surface area contributed by atoms with Crippen molar-refractivity contribution < 1.29 is 9.34 Å². The zero-order valence-corrected chi connectivity index (χ0v) is 11.0. The fourth-order valence-corrected chi connectivity index (χ4v) is 2.16.